The molecule has 3 aliphatic heterocycles. The number of hydrogen-bond donors (Lipinski definition) is 3. The number of aromatic carboxylic acids is 1. The van der Waals surface area contributed by atoms with E-state index >= 15 is 4.39 Å². The average Bonchev–Trinajstić information content (AvgIpc) is 3.74. The van der Waals surface area contributed by atoms with Gasteiger partial charge in [-0.2, -0.15) is 0 Å². The van der Waals surface area contributed by atoms with Crippen LogP contribution in [0.4, 0.5) is 30.8 Å². The number of hydrogen-bond acceptors (Lipinski definition) is 10. The predicted molar refractivity (Wildman–Crippen MR) is 181 cm³/mol. The zero-order valence-corrected chi connectivity index (χ0v) is 27.9. The number of halogens is 2. The van der Waals surface area contributed by atoms with E-state index in [9.17, 15) is 33.5 Å². The standard InChI is InChI=1S/C34H38F2N8O7/c1-18(45)38-14-23-16-43(34(50)51-23)22-4-5-27(26(36)11-22)40-6-8-41(9-7-40)32(47)25-17-42(15-19(25)12-37)31-28(33(48)49)29(46)24-10-20(35)13-39-30(24)44(31)21-2-3-21/h4-5,10-11,13,19,21,23,25H,2-3,6-9,12,14-17,37H2,1H3,(H,38,45)(H,48,49)/t19-,23+,25-/m1/s1. The predicted octanol–water partition coefficient (Wildman–Crippen LogP) is 1.53. The van der Waals surface area contributed by atoms with Crippen molar-refractivity contribution >= 4 is 52.1 Å². The van der Waals surface area contributed by atoms with E-state index in [1.54, 1.807) is 26.5 Å². The Hall–Kier alpha value is -5.32. The second-order valence-electron chi connectivity index (χ2n) is 13.5. The maximum atomic E-state index is 15.4. The van der Waals surface area contributed by atoms with E-state index in [2.05, 4.69) is 10.3 Å². The third-order valence-electron chi connectivity index (χ3n) is 10.1. The molecule has 1 aromatic carbocycles. The van der Waals surface area contributed by atoms with Crippen LogP contribution in [-0.4, -0.2) is 108 Å². The Bertz CT molecular complexity index is 1980. The molecule has 2 aromatic heterocycles. The molecule has 1 saturated carbocycles. The summed E-state index contributed by atoms with van der Waals surface area (Å²) in [6.07, 6.45) is 1.28. The molecule has 0 bridgehead atoms. The average molecular weight is 709 g/mol. The molecule has 5 heterocycles. The molecule has 270 valence electrons. The first-order chi connectivity index (χ1) is 24.4. The minimum Gasteiger partial charge on any atom is -0.477 e. The smallest absolute Gasteiger partial charge is 0.414 e. The number of carbonyl (C=O) groups is 4. The van der Waals surface area contributed by atoms with Crippen molar-refractivity contribution in [3.8, 4) is 0 Å². The number of fused-ring (bicyclic) bond motifs is 1. The lowest BCUT2D eigenvalue weighted by atomic mass is 9.94. The van der Waals surface area contributed by atoms with E-state index in [1.807, 2.05) is 4.90 Å². The summed E-state index contributed by atoms with van der Waals surface area (Å²) < 4.78 is 36.5. The van der Waals surface area contributed by atoms with Crippen LogP contribution in [0.3, 0.4) is 0 Å². The highest BCUT2D eigenvalue weighted by Gasteiger charge is 2.44. The highest BCUT2D eigenvalue weighted by molar-refractivity contribution is 5.98. The van der Waals surface area contributed by atoms with Crippen LogP contribution in [0.1, 0.15) is 36.2 Å². The number of ether oxygens (including phenoxy) is 1. The van der Waals surface area contributed by atoms with Gasteiger partial charge in [0, 0.05) is 58.2 Å². The molecule has 3 aromatic rings. The number of amides is 3. The van der Waals surface area contributed by atoms with Gasteiger partial charge in [-0.3, -0.25) is 19.3 Å². The number of anilines is 3. The molecule has 0 spiro atoms. The third kappa shape index (κ3) is 6.41. The van der Waals surface area contributed by atoms with Crippen molar-refractivity contribution in [2.75, 3.05) is 73.6 Å². The first kappa shape index (κ1) is 34.1. The quantitative estimate of drug-likeness (QED) is 0.293. The molecule has 0 unspecified atom stereocenters. The van der Waals surface area contributed by atoms with Crippen molar-refractivity contribution in [1.82, 2.24) is 19.8 Å². The number of carbonyl (C=O) groups excluding carboxylic acids is 3. The van der Waals surface area contributed by atoms with Crippen LogP contribution in [0, 0.1) is 23.5 Å². The van der Waals surface area contributed by atoms with Crippen LogP contribution in [0.2, 0.25) is 0 Å². The lowest BCUT2D eigenvalue weighted by Gasteiger charge is -2.38. The summed E-state index contributed by atoms with van der Waals surface area (Å²) in [7, 11) is 0. The zero-order chi connectivity index (χ0) is 36.1. The van der Waals surface area contributed by atoms with Gasteiger partial charge in [0.15, 0.2) is 0 Å². The minimum atomic E-state index is -1.45. The Morgan fingerprint density at radius 1 is 1.04 bits per heavy atom. The molecule has 3 saturated heterocycles. The van der Waals surface area contributed by atoms with Crippen molar-refractivity contribution in [1.29, 1.82) is 0 Å². The summed E-state index contributed by atoms with van der Waals surface area (Å²) in [6.45, 7) is 3.47. The lowest BCUT2D eigenvalue weighted by Crippen LogP contribution is -2.52. The summed E-state index contributed by atoms with van der Waals surface area (Å²) in [5, 5.41) is 12.7. The SMILES string of the molecule is CC(=O)NC[C@H]1CN(c2ccc(N3CCN(C(=O)[C@@H]4CN(c5c(C(=O)O)c(=O)c6cc(F)cnc6n5C5CC5)C[C@H]4CN)CC3)c(F)c2)C(=O)O1. The molecule has 17 heteroatoms. The normalized spacial score (nSPS) is 22.1. The number of piperazine rings is 1. The van der Waals surface area contributed by atoms with Crippen LogP contribution in [-0.2, 0) is 14.3 Å². The zero-order valence-electron chi connectivity index (χ0n) is 27.9. The number of aromatic nitrogens is 2. The summed E-state index contributed by atoms with van der Waals surface area (Å²) in [4.78, 5) is 74.4. The highest BCUT2D eigenvalue weighted by atomic mass is 19.1. The van der Waals surface area contributed by atoms with Gasteiger partial charge in [-0.15, -0.1) is 0 Å². The molecule has 7 rings (SSSR count). The maximum absolute atomic E-state index is 15.4. The number of benzene rings is 1. The summed E-state index contributed by atoms with van der Waals surface area (Å²) in [5.74, 6) is -3.91. The first-order valence-corrected chi connectivity index (χ1v) is 16.9. The van der Waals surface area contributed by atoms with Crippen molar-refractivity contribution in [2.24, 2.45) is 17.6 Å². The molecule has 4 N–H and O–H groups in total. The summed E-state index contributed by atoms with van der Waals surface area (Å²) >= 11 is 0. The fourth-order valence-corrected chi connectivity index (χ4v) is 7.41. The Labute approximate surface area is 290 Å². The molecule has 15 nitrogen and oxygen atoms in total. The number of nitrogens with one attached hydrogen (secondary N) is 1. The van der Waals surface area contributed by atoms with E-state index in [0.717, 1.165) is 25.1 Å². The monoisotopic (exact) mass is 708 g/mol. The second kappa shape index (κ2) is 13.4. The van der Waals surface area contributed by atoms with Crippen LogP contribution < -0.4 is 31.2 Å². The van der Waals surface area contributed by atoms with Gasteiger partial charge >= 0.3 is 12.1 Å². The van der Waals surface area contributed by atoms with Crippen LogP contribution in [0.25, 0.3) is 11.0 Å². The topological polar surface area (TPSA) is 184 Å². The first-order valence-electron chi connectivity index (χ1n) is 16.9. The molecule has 1 aliphatic carbocycles. The molecule has 3 amide bonds. The molecule has 4 fully saturated rings. The fraction of sp³-hybridized carbons (Fsp3) is 0.471. The number of pyridine rings is 2. The molecule has 51 heavy (non-hydrogen) atoms. The van der Waals surface area contributed by atoms with E-state index in [4.69, 9.17) is 10.5 Å². The number of nitrogens with zero attached hydrogens (tertiary/aromatic N) is 6. The second-order valence-corrected chi connectivity index (χ2v) is 13.5. The number of carboxylic acid groups (broad SMARTS) is 1. The van der Waals surface area contributed by atoms with Gasteiger partial charge in [0.2, 0.25) is 17.2 Å². The summed E-state index contributed by atoms with van der Waals surface area (Å²) in [6, 6.07) is 5.36. The number of carboxylic acids is 1. The molecule has 3 atom stereocenters. The fourth-order valence-electron chi connectivity index (χ4n) is 7.41. The highest BCUT2D eigenvalue weighted by Crippen LogP contribution is 2.43. The molecular formula is C34H38F2N8O7. The Balaban J connectivity index is 1.05. The van der Waals surface area contributed by atoms with E-state index < -0.39 is 46.7 Å². The lowest BCUT2D eigenvalue weighted by molar-refractivity contribution is -0.136. The Morgan fingerprint density at radius 3 is 2.43 bits per heavy atom. The van der Waals surface area contributed by atoms with E-state index in [1.165, 1.54) is 17.9 Å². The maximum Gasteiger partial charge on any atom is 0.414 e. The Kier molecular flexibility index (Phi) is 8.99. The van der Waals surface area contributed by atoms with Gasteiger partial charge in [0.1, 0.15) is 34.8 Å². The van der Waals surface area contributed by atoms with Gasteiger partial charge in [0.05, 0.1) is 42.0 Å². The van der Waals surface area contributed by atoms with Crippen LogP contribution in [0.5, 0.6) is 0 Å². The number of rotatable bonds is 9. The Morgan fingerprint density at radius 2 is 1.78 bits per heavy atom. The van der Waals surface area contributed by atoms with Crippen molar-refractivity contribution in [3.63, 3.8) is 0 Å². The van der Waals surface area contributed by atoms with Gasteiger partial charge in [-0.25, -0.2) is 23.4 Å². The number of cyclic esters (lactones) is 1. The van der Waals surface area contributed by atoms with Gasteiger partial charge in [-0.05, 0) is 43.7 Å². The van der Waals surface area contributed by atoms with E-state index in [0.29, 0.717) is 37.6 Å². The van der Waals surface area contributed by atoms with Crippen molar-refractivity contribution in [3.05, 3.63) is 57.9 Å². The van der Waals surface area contributed by atoms with Crippen molar-refractivity contribution in [2.45, 2.75) is 31.9 Å². The van der Waals surface area contributed by atoms with Crippen LogP contribution >= 0.6 is 0 Å². The number of nitrogens with two attached hydrogens (primary N) is 1. The largest absolute Gasteiger partial charge is 0.477 e. The van der Waals surface area contributed by atoms with Gasteiger partial charge in [0.25, 0.3) is 0 Å². The third-order valence-corrected chi connectivity index (χ3v) is 10.1. The van der Waals surface area contributed by atoms with Crippen LogP contribution in [0.15, 0.2) is 35.3 Å². The van der Waals surface area contributed by atoms with E-state index in [-0.39, 0.29) is 73.3 Å². The molecule has 0 radical (unpaired) electrons. The van der Waals surface area contributed by atoms with Gasteiger partial charge in [-0.1, -0.05) is 0 Å². The minimum absolute atomic E-state index is 0.111. The molecular weight excluding hydrogens is 670 g/mol. The summed E-state index contributed by atoms with van der Waals surface area (Å²) in [5.41, 5.74) is 5.68. The van der Waals surface area contributed by atoms with Crippen molar-refractivity contribution < 1.29 is 37.8 Å². The molecule has 4 aliphatic rings. The van der Waals surface area contributed by atoms with Gasteiger partial charge < -0.3 is 40.2 Å².